The zero-order valence-electron chi connectivity index (χ0n) is 9.44. The van der Waals surface area contributed by atoms with Crippen molar-refractivity contribution in [3.63, 3.8) is 0 Å². The van der Waals surface area contributed by atoms with Crippen molar-refractivity contribution in [2.45, 2.75) is 39.7 Å². The van der Waals surface area contributed by atoms with E-state index in [1.807, 2.05) is 11.6 Å². The Morgan fingerprint density at radius 2 is 2.20 bits per heavy atom. The maximum Gasteiger partial charge on any atom is 0.173 e. The third-order valence-electron chi connectivity index (χ3n) is 2.72. The number of nitrogens with zero attached hydrogens (tertiary/aromatic N) is 3. The predicted molar refractivity (Wildman–Crippen MR) is 59.1 cm³/mol. The van der Waals surface area contributed by atoms with Crippen LogP contribution in [0.4, 0.5) is 0 Å². The zero-order chi connectivity index (χ0) is 11.4. The molecule has 0 unspecified atom stereocenters. The van der Waals surface area contributed by atoms with Gasteiger partial charge in [-0.3, -0.25) is 4.68 Å². The fourth-order valence-corrected chi connectivity index (χ4v) is 1.73. The van der Waals surface area contributed by atoms with Gasteiger partial charge in [0, 0.05) is 5.69 Å². The molecule has 1 heterocycles. The van der Waals surface area contributed by atoms with Crippen LogP contribution in [0.5, 0.6) is 0 Å². The quantitative estimate of drug-likeness (QED) is 0.343. The molecule has 0 amide bonds. The van der Waals surface area contributed by atoms with Crippen LogP contribution in [0.3, 0.4) is 0 Å². The molecule has 0 aliphatic heterocycles. The summed E-state index contributed by atoms with van der Waals surface area (Å²) in [5.41, 5.74) is 7.18. The van der Waals surface area contributed by atoms with E-state index in [1.165, 1.54) is 0 Å². The second-order valence-electron chi connectivity index (χ2n) is 3.54. The number of amidine groups is 1. The fourth-order valence-electron chi connectivity index (χ4n) is 1.73. The number of hydrogen-bond donors (Lipinski definition) is 2. The van der Waals surface area contributed by atoms with Gasteiger partial charge in [-0.25, -0.2) is 0 Å². The minimum atomic E-state index is 0.115. The molecular formula is C10H18N4O. The van der Waals surface area contributed by atoms with Gasteiger partial charge in [0.2, 0.25) is 0 Å². The summed E-state index contributed by atoms with van der Waals surface area (Å²) in [6.45, 7) is 6.18. The smallest absolute Gasteiger partial charge is 0.173 e. The summed E-state index contributed by atoms with van der Waals surface area (Å²) >= 11 is 0. The molecule has 0 radical (unpaired) electrons. The van der Waals surface area contributed by atoms with Crippen LogP contribution in [0, 0.1) is 6.92 Å². The summed E-state index contributed by atoms with van der Waals surface area (Å²) in [6.07, 6.45) is 3.69. The largest absolute Gasteiger partial charge is 0.409 e. The molecule has 0 aromatic carbocycles. The number of aromatic nitrogens is 2. The standard InChI is InChI=1S/C10H18N4O/c1-4-8(5-2)14-7(3)9(6-12-14)10(11)13-15/h6,8,15H,4-5H2,1-3H3,(H2,11,13). The van der Waals surface area contributed by atoms with Crippen molar-refractivity contribution in [3.05, 3.63) is 17.5 Å². The van der Waals surface area contributed by atoms with Crippen LogP contribution in [0.25, 0.3) is 0 Å². The van der Waals surface area contributed by atoms with Crippen molar-refractivity contribution in [2.75, 3.05) is 0 Å². The Balaban J connectivity index is 3.08. The maximum atomic E-state index is 8.60. The third kappa shape index (κ3) is 2.11. The van der Waals surface area contributed by atoms with Crippen LogP contribution in [-0.4, -0.2) is 20.8 Å². The summed E-state index contributed by atoms with van der Waals surface area (Å²) in [5.74, 6) is 0.115. The highest BCUT2D eigenvalue weighted by molar-refractivity contribution is 5.97. The highest BCUT2D eigenvalue weighted by atomic mass is 16.4. The van der Waals surface area contributed by atoms with Gasteiger partial charge >= 0.3 is 0 Å². The predicted octanol–water partition coefficient (Wildman–Crippen LogP) is 1.65. The third-order valence-corrected chi connectivity index (χ3v) is 2.72. The van der Waals surface area contributed by atoms with Crippen LogP contribution in [0.1, 0.15) is 44.0 Å². The number of hydrogen-bond acceptors (Lipinski definition) is 3. The Kier molecular flexibility index (Phi) is 3.71. The first-order chi connectivity index (χ1) is 7.15. The molecule has 84 valence electrons. The van der Waals surface area contributed by atoms with Gasteiger partial charge in [-0.15, -0.1) is 0 Å². The number of oxime groups is 1. The van der Waals surface area contributed by atoms with E-state index in [-0.39, 0.29) is 5.84 Å². The summed E-state index contributed by atoms with van der Waals surface area (Å²) in [7, 11) is 0. The van der Waals surface area contributed by atoms with Gasteiger partial charge in [-0.05, 0) is 19.8 Å². The SMILES string of the molecule is CCC(CC)n1ncc(/C(N)=N\O)c1C. The molecule has 0 bridgehead atoms. The van der Waals surface area contributed by atoms with E-state index in [4.69, 9.17) is 10.9 Å². The van der Waals surface area contributed by atoms with Gasteiger partial charge in [0.15, 0.2) is 5.84 Å². The Morgan fingerprint density at radius 3 is 2.67 bits per heavy atom. The van der Waals surface area contributed by atoms with Crippen molar-refractivity contribution in [1.29, 1.82) is 0 Å². The summed E-state index contributed by atoms with van der Waals surface area (Å²) in [5, 5.41) is 15.9. The van der Waals surface area contributed by atoms with E-state index >= 15 is 0 Å². The second kappa shape index (κ2) is 4.82. The molecule has 0 spiro atoms. The van der Waals surface area contributed by atoms with Gasteiger partial charge in [0.05, 0.1) is 17.8 Å². The van der Waals surface area contributed by atoms with Crippen LogP contribution in [-0.2, 0) is 0 Å². The van der Waals surface area contributed by atoms with Gasteiger partial charge < -0.3 is 10.9 Å². The molecule has 0 saturated heterocycles. The molecule has 0 saturated carbocycles. The van der Waals surface area contributed by atoms with Gasteiger partial charge in [0.25, 0.3) is 0 Å². The average molecular weight is 210 g/mol. The van der Waals surface area contributed by atoms with E-state index in [9.17, 15) is 0 Å². The van der Waals surface area contributed by atoms with Crippen LogP contribution in [0.2, 0.25) is 0 Å². The van der Waals surface area contributed by atoms with Crippen molar-refractivity contribution >= 4 is 5.84 Å². The molecule has 1 aromatic rings. The topological polar surface area (TPSA) is 76.4 Å². The van der Waals surface area contributed by atoms with Gasteiger partial charge in [0.1, 0.15) is 0 Å². The molecule has 5 nitrogen and oxygen atoms in total. The first-order valence-corrected chi connectivity index (χ1v) is 5.17. The molecule has 15 heavy (non-hydrogen) atoms. The molecule has 5 heteroatoms. The molecule has 0 aliphatic carbocycles. The van der Waals surface area contributed by atoms with Crippen LogP contribution < -0.4 is 5.73 Å². The van der Waals surface area contributed by atoms with Crippen molar-refractivity contribution in [1.82, 2.24) is 9.78 Å². The lowest BCUT2D eigenvalue weighted by Gasteiger charge is -2.15. The molecule has 1 rings (SSSR count). The normalized spacial score (nSPS) is 12.4. The minimum Gasteiger partial charge on any atom is -0.409 e. The Morgan fingerprint density at radius 1 is 1.60 bits per heavy atom. The molecule has 3 N–H and O–H groups in total. The second-order valence-corrected chi connectivity index (χ2v) is 3.54. The average Bonchev–Trinajstić information content (AvgIpc) is 2.62. The summed E-state index contributed by atoms with van der Waals surface area (Å²) < 4.78 is 1.94. The highest BCUT2D eigenvalue weighted by Gasteiger charge is 2.14. The van der Waals surface area contributed by atoms with E-state index in [0.717, 1.165) is 18.5 Å². The van der Waals surface area contributed by atoms with Crippen molar-refractivity contribution < 1.29 is 5.21 Å². The van der Waals surface area contributed by atoms with Crippen molar-refractivity contribution in [2.24, 2.45) is 10.9 Å². The van der Waals surface area contributed by atoms with Crippen LogP contribution >= 0.6 is 0 Å². The monoisotopic (exact) mass is 210 g/mol. The van der Waals surface area contributed by atoms with E-state index in [2.05, 4.69) is 24.1 Å². The first-order valence-electron chi connectivity index (χ1n) is 5.17. The van der Waals surface area contributed by atoms with Gasteiger partial charge in [-0.2, -0.15) is 5.10 Å². The number of nitrogens with two attached hydrogens (primary N) is 1. The van der Waals surface area contributed by atoms with E-state index in [0.29, 0.717) is 11.6 Å². The fraction of sp³-hybridized carbons (Fsp3) is 0.600. The summed E-state index contributed by atoms with van der Waals surface area (Å²) in [6, 6.07) is 0.380. The Hall–Kier alpha value is -1.52. The minimum absolute atomic E-state index is 0.115. The lowest BCUT2D eigenvalue weighted by atomic mass is 10.1. The highest BCUT2D eigenvalue weighted by Crippen LogP contribution is 2.18. The Bertz CT molecular complexity index is 352. The lowest BCUT2D eigenvalue weighted by Crippen LogP contribution is -2.16. The maximum absolute atomic E-state index is 8.60. The molecule has 0 aliphatic rings. The van der Waals surface area contributed by atoms with E-state index in [1.54, 1.807) is 6.20 Å². The van der Waals surface area contributed by atoms with E-state index < -0.39 is 0 Å². The van der Waals surface area contributed by atoms with Gasteiger partial charge in [-0.1, -0.05) is 19.0 Å². The summed E-state index contributed by atoms with van der Waals surface area (Å²) in [4.78, 5) is 0. The Labute approximate surface area is 89.6 Å². The molecule has 0 atom stereocenters. The lowest BCUT2D eigenvalue weighted by molar-refractivity contribution is 0.318. The molecule has 0 fully saturated rings. The van der Waals surface area contributed by atoms with Crippen LogP contribution in [0.15, 0.2) is 11.4 Å². The zero-order valence-corrected chi connectivity index (χ0v) is 9.44. The first kappa shape index (κ1) is 11.6. The number of rotatable bonds is 4. The van der Waals surface area contributed by atoms with Crippen molar-refractivity contribution in [3.8, 4) is 0 Å². The molecule has 1 aromatic heterocycles. The molecular weight excluding hydrogens is 192 g/mol.